The van der Waals surface area contributed by atoms with Crippen molar-refractivity contribution in [1.29, 1.82) is 0 Å². The van der Waals surface area contributed by atoms with Gasteiger partial charge in [-0.3, -0.25) is 9.59 Å². The zero-order valence-corrected chi connectivity index (χ0v) is 13.8. The van der Waals surface area contributed by atoms with Crippen LogP contribution in [0, 0.1) is 2.88 Å². The van der Waals surface area contributed by atoms with E-state index in [0.29, 0.717) is 24.8 Å². The standard InChI is InChI=1S/C13H15IN2O3S/c14-11-5-8(7-20-11)13(18)16-3-4-19-6-10(16)12(17)15-9-1-2-9/h5,7,9-10H,1-4,6H2,(H,15,17). The molecule has 2 aliphatic rings. The normalized spacial score (nSPS) is 22.6. The third kappa shape index (κ3) is 3.15. The number of thiophene rings is 1. The van der Waals surface area contributed by atoms with Gasteiger partial charge in [0.05, 0.1) is 21.7 Å². The van der Waals surface area contributed by atoms with Crippen LogP contribution in [0.5, 0.6) is 0 Å². The van der Waals surface area contributed by atoms with E-state index < -0.39 is 6.04 Å². The molecule has 2 heterocycles. The zero-order chi connectivity index (χ0) is 14.1. The van der Waals surface area contributed by atoms with Crippen LogP contribution in [0.15, 0.2) is 11.4 Å². The van der Waals surface area contributed by atoms with E-state index in [1.807, 2.05) is 11.4 Å². The van der Waals surface area contributed by atoms with Crippen molar-refractivity contribution in [3.8, 4) is 0 Å². The number of hydrogen-bond acceptors (Lipinski definition) is 4. The Morgan fingerprint density at radius 1 is 1.45 bits per heavy atom. The predicted octanol–water partition coefficient (Wildman–Crippen LogP) is 1.47. The largest absolute Gasteiger partial charge is 0.377 e. The van der Waals surface area contributed by atoms with Crippen LogP contribution in [0.4, 0.5) is 0 Å². The SMILES string of the molecule is O=C(NC1CC1)C1COCCN1C(=O)c1csc(I)c1. The second-order valence-electron chi connectivity index (χ2n) is 5.01. The Labute approximate surface area is 134 Å². The molecule has 1 aromatic heterocycles. The van der Waals surface area contributed by atoms with Gasteiger partial charge in [0.1, 0.15) is 6.04 Å². The molecule has 108 valence electrons. The molecule has 1 aromatic rings. The number of ether oxygens (including phenoxy) is 1. The summed E-state index contributed by atoms with van der Waals surface area (Å²) in [5, 5.41) is 4.80. The van der Waals surface area contributed by atoms with Crippen LogP contribution in [-0.2, 0) is 9.53 Å². The summed E-state index contributed by atoms with van der Waals surface area (Å²) >= 11 is 3.73. The lowest BCUT2D eigenvalue weighted by molar-refractivity contribution is -0.130. The summed E-state index contributed by atoms with van der Waals surface area (Å²) < 4.78 is 6.44. The molecule has 20 heavy (non-hydrogen) atoms. The lowest BCUT2D eigenvalue weighted by atomic mass is 10.1. The van der Waals surface area contributed by atoms with E-state index in [2.05, 4.69) is 27.9 Å². The molecule has 1 N–H and O–H groups in total. The lowest BCUT2D eigenvalue weighted by Gasteiger charge is -2.34. The molecule has 1 saturated carbocycles. The highest BCUT2D eigenvalue weighted by Gasteiger charge is 2.36. The molecular formula is C13H15IN2O3S. The molecule has 1 atom stereocenters. The van der Waals surface area contributed by atoms with Crippen molar-refractivity contribution >= 4 is 45.7 Å². The first-order valence-corrected chi connectivity index (χ1v) is 8.54. The van der Waals surface area contributed by atoms with Gasteiger partial charge in [-0.05, 0) is 41.5 Å². The molecule has 2 amide bonds. The lowest BCUT2D eigenvalue weighted by Crippen LogP contribution is -2.56. The molecular weight excluding hydrogens is 391 g/mol. The summed E-state index contributed by atoms with van der Waals surface area (Å²) in [6, 6.07) is 1.65. The average Bonchev–Trinajstić information content (AvgIpc) is 3.16. The van der Waals surface area contributed by atoms with Crippen LogP contribution < -0.4 is 5.32 Å². The highest BCUT2D eigenvalue weighted by Crippen LogP contribution is 2.22. The van der Waals surface area contributed by atoms with Crippen LogP contribution >= 0.6 is 33.9 Å². The van der Waals surface area contributed by atoms with E-state index in [1.54, 1.807) is 4.90 Å². The topological polar surface area (TPSA) is 58.6 Å². The molecule has 0 aromatic carbocycles. The number of nitrogens with one attached hydrogen (secondary N) is 1. The van der Waals surface area contributed by atoms with E-state index in [1.165, 1.54) is 11.3 Å². The molecule has 7 heteroatoms. The Kier molecular flexibility index (Phi) is 4.27. The smallest absolute Gasteiger partial charge is 0.255 e. The van der Waals surface area contributed by atoms with Gasteiger partial charge in [-0.2, -0.15) is 0 Å². The number of carbonyl (C=O) groups is 2. The second kappa shape index (κ2) is 5.98. The summed E-state index contributed by atoms with van der Waals surface area (Å²) in [6.45, 7) is 1.24. The first-order chi connectivity index (χ1) is 9.65. The Balaban J connectivity index is 1.73. The molecule has 1 unspecified atom stereocenters. The molecule has 0 bridgehead atoms. The van der Waals surface area contributed by atoms with Gasteiger partial charge in [0.2, 0.25) is 5.91 Å². The predicted molar refractivity (Wildman–Crippen MR) is 83.8 cm³/mol. The molecule has 5 nitrogen and oxygen atoms in total. The van der Waals surface area contributed by atoms with Crippen molar-refractivity contribution in [1.82, 2.24) is 10.2 Å². The van der Waals surface area contributed by atoms with Gasteiger partial charge in [0, 0.05) is 18.0 Å². The Bertz CT molecular complexity index is 529. The highest BCUT2D eigenvalue weighted by molar-refractivity contribution is 14.1. The summed E-state index contributed by atoms with van der Waals surface area (Å²) in [5.41, 5.74) is 0.658. The van der Waals surface area contributed by atoms with Crippen LogP contribution in [0.1, 0.15) is 23.2 Å². The fraction of sp³-hybridized carbons (Fsp3) is 0.538. The molecule has 0 radical (unpaired) electrons. The number of carbonyl (C=O) groups excluding carboxylic acids is 2. The number of hydrogen-bond donors (Lipinski definition) is 1. The van der Waals surface area contributed by atoms with Crippen molar-refractivity contribution < 1.29 is 14.3 Å². The molecule has 3 rings (SSSR count). The van der Waals surface area contributed by atoms with Gasteiger partial charge >= 0.3 is 0 Å². The minimum Gasteiger partial charge on any atom is -0.377 e. The molecule has 1 aliphatic heterocycles. The minimum absolute atomic E-state index is 0.0802. The Morgan fingerprint density at radius 3 is 2.90 bits per heavy atom. The zero-order valence-electron chi connectivity index (χ0n) is 10.8. The third-order valence-corrected chi connectivity index (χ3v) is 5.22. The van der Waals surface area contributed by atoms with Crippen LogP contribution in [0.25, 0.3) is 0 Å². The maximum absolute atomic E-state index is 12.5. The van der Waals surface area contributed by atoms with Gasteiger partial charge in [-0.1, -0.05) is 0 Å². The fourth-order valence-electron chi connectivity index (χ4n) is 2.18. The Morgan fingerprint density at radius 2 is 2.25 bits per heavy atom. The highest BCUT2D eigenvalue weighted by atomic mass is 127. The van der Waals surface area contributed by atoms with Gasteiger partial charge in [-0.15, -0.1) is 11.3 Å². The van der Waals surface area contributed by atoms with Crippen molar-refractivity contribution in [2.24, 2.45) is 0 Å². The van der Waals surface area contributed by atoms with E-state index in [4.69, 9.17) is 4.74 Å². The molecule has 1 saturated heterocycles. The monoisotopic (exact) mass is 406 g/mol. The first kappa shape index (κ1) is 14.3. The molecule has 0 spiro atoms. The summed E-state index contributed by atoms with van der Waals surface area (Å²) in [6.07, 6.45) is 2.08. The molecule has 2 fully saturated rings. The van der Waals surface area contributed by atoms with Crippen LogP contribution in [-0.4, -0.2) is 48.6 Å². The van der Waals surface area contributed by atoms with Gasteiger partial charge in [0.25, 0.3) is 5.91 Å². The van der Waals surface area contributed by atoms with Gasteiger partial charge in [0.15, 0.2) is 0 Å². The van der Waals surface area contributed by atoms with Gasteiger partial charge < -0.3 is 15.0 Å². The number of morpholine rings is 1. The first-order valence-electron chi connectivity index (χ1n) is 6.58. The van der Waals surface area contributed by atoms with Crippen molar-refractivity contribution in [2.75, 3.05) is 19.8 Å². The maximum atomic E-state index is 12.5. The van der Waals surface area contributed by atoms with Crippen molar-refractivity contribution in [3.05, 3.63) is 19.9 Å². The maximum Gasteiger partial charge on any atom is 0.255 e. The van der Waals surface area contributed by atoms with E-state index >= 15 is 0 Å². The van der Waals surface area contributed by atoms with Crippen LogP contribution in [0.3, 0.4) is 0 Å². The summed E-state index contributed by atoms with van der Waals surface area (Å²) in [5.74, 6) is -0.172. The minimum atomic E-state index is -0.505. The second-order valence-corrected chi connectivity index (χ2v) is 7.82. The quantitative estimate of drug-likeness (QED) is 0.774. The van der Waals surface area contributed by atoms with E-state index in [9.17, 15) is 9.59 Å². The van der Waals surface area contributed by atoms with Gasteiger partial charge in [-0.25, -0.2) is 0 Å². The number of amides is 2. The van der Waals surface area contributed by atoms with Crippen LogP contribution in [0.2, 0.25) is 0 Å². The van der Waals surface area contributed by atoms with E-state index in [-0.39, 0.29) is 18.4 Å². The number of halogens is 1. The van der Waals surface area contributed by atoms with Crippen molar-refractivity contribution in [3.63, 3.8) is 0 Å². The fourth-order valence-corrected chi connectivity index (χ4v) is 3.50. The average molecular weight is 406 g/mol. The summed E-state index contributed by atoms with van der Waals surface area (Å²) in [7, 11) is 0. The third-order valence-electron chi connectivity index (χ3n) is 3.43. The number of nitrogens with zero attached hydrogens (tertiary/aromatic N) is 1. The van der Waals surface area contributed by atoms with Crippen molar-refractivity contribution in [2.45, 2.75) is 24.9 Å². The Hall–Kier alpha value is -0.670. The molecule has 1 aliphatic carbocycles. The van der Waals surface area contributed by atoms with E-state index in [0.717, 1.165) is 15.7 Å². The number of rotatable bonds is 3. The summed E-state index contributed by atoms with van der Waals surface area (Å²) in [4.78, 5) is 26.4.